The highest BCUT2D eigenvalue weighted by atomic mass is 19.4. The van der Waals surface area contributed by atoms with Crippen LogP contribution in [-0.4, -0.2) is 33.3 Å². The summed E-state index contributed by atoms with van der Waals surface area (Å²) in [5.74, 6) is 1.94. The predicted molar refractivity (Wildman–Crippen MR) is 156 cm³/mol. The van der Waals surface area contributed by atoms with Gasteiger partial charge in [-0.1, -0.05) is 24.3 Å². The first kappa shape index (κ1) is 31.4. The molecule has 0 aliphatic heterocycles. The minimum Gasteiger partial charge on any atom is -0.487 e. The zero-order valence-corrected chi connectivity index (χ0v) is 24.1. The lowest BCUT2D eigenvalue weighted by Gasteiger charge is -2.10. The van der Waals surface area contributed by atoms with Gasteiger partial charge in [0.25, 0.3) is 0 Å². The van der Waals surface area contributed by atoms with Gasteiger partial charge in [-0.25, -0.2) is 14.8 Å². The number of imidazole rings is 1. The average Bonchev–Trinajstić information content (AvgIpc) is 3.62. The number of unbranched alkanes of at least 4 members (excludes halogenated alkanes) is 1. The average molecular weight is 597 g/mol. The fourth-order valence-corrected chi connectivity index (χ4v) is 4.22. The van der Waals surface area contributed by atoms with Gasteiger partial charge in [0.05, 0.1) is 5.56 Å². The normalized spacial score (nSPS) is 11.8. The molecular weight excluding hydrogens is 561 g/mol. The molecule has 0 unspecified atom stereocenters. The number of carbonyl (C=O) groups excluding carboxylic acids is 1. The number of carbonyl (C=O) groups is 1. The Bertz CT molecular complexity index is 1460. The van der Waals surface area contributed by atoms with Gasteiger partial charge in [-0.3, -0.25) is 0 Å². The Kier molecular flexibility index (Phi) is 11.0. The molecule has 0 fully saturated rings. The second kappa shape index (κ2) is 15.1. The number of nitrogens with one attached hydrogen (secondary N) is 1. The fourth-order valence-electron chi connectivity index (χ4n) is 4.22. The number of halogens is 3. The summed E-state index contributed by atoms with van der Waals surface area (Å²) < 4.78 is 56.7. The first-order valence-electron chi connectivity index (χ1n) is 14.1. The molecule has 11 heteroatoms. The maximum Gasteiger partial charge on any atom is 0.416 e. The van der Waals surface area contributed by atoms with Crippen LogP contribution in [0.25, 0.3) is 12.2 Å². The summed E-state index contributed by atoms with van der Waals surface area (Å²) in [7, 11) is 0. The summed E-state index contributed by atoms with van der Waals surface area (Å²) in [5.41, 5.74) is 1.72. The molecule has 0 aliphatic rings. The second-order valence-corrected chi connectivity index (χ2v) is 10.2. The van der Waals surface area contributed by atoms with Crippen molar-refractivity contribution in [1.82, 2.24) is 19.9 Å². The lowest BCUT2D eigenvalue weighted by Crippen LogP contribution is -2.31. The number of ether oxygens (including phenoxy) is 2. The van der Waals surface area contributed by atoms with Crippen LogP contribution >= 0.6 is 0 Å². The molecule has 0 radical (unpaired) electrons. The standard InChI is InChI=1S/C32H35F3N4O4/c1-23(2)37-31(40)41-20-16-29-36-17-19-39(29)18-4-3-5-24-8-13-28(14-9-24)42-21-27-22-43-30(38-27)15-10-25-6-11-26(12-7-25)32(33,34)35/h6-15,17,19,22-23H,3-5,16,18,20-21H2,1-2H3,(H,37,40)/b15-10+. The number of benzene rings is 2. The quantitative estimate of drug-likeness (QED) is 0.153. The summed E-state index contributed by atoms with van der Waals surface area (Å²) in [4.78, 5) is 20.3. The van der Waals surface area contributed by atoms with Gasteiger partial charge in [-0.15, -0.1) is 0 Å². The number of alkyl carbamates (subject to hydrolysis) is 1. The minimum atomic E-state index is -4.36. The summed E-state index contributed by atoms with van der Waals surface area (Å²) >= 11 is 0. The molecule has 2 aromatic carbocycles. The van der Waals surface area contributed by atoms with E-state index in [1.165, 1.54) is 24.0 Å². The zero-order chi connectivity index (χ0) is 30.7. The zero-order valence-electron chi connectivity index (χ0n) is 24.1. The molecule has 1 amide bonds. The molecule has 1 N–H and O–H groups in total. The van der Waals surface area contributed by atoms with Crippen molar-refractivity contribution in [2.75, 3.05) is 6.61 Å². The maximum atomic E-state index is 12.7. The van der Waals surface area contributed by atoms with Gasteiger partial charge in [0.2, 0.25) is 5.89 Å². The highest BCUT2D eigenvalue weighted by Gasteiger charge is 2.29. The highest BCUT2D eigenvalue weighted by molar-refractivity contribution is 5.67. The van der Waals surface area contributed by atoms with E-state index < -0.39 is 17.8 Å². The molecule has 0 spiro atoms. The van der Waals surface area contributed by atoms with Gasteiger partial charge < -0.3 is 23.8 Å². The largest absolute Gasteiger partial charge is 0.487 e. The Labute approximate surface area is 248 Å². The van der Waals surface area contributed by atoms with Crippen molar-refractivity contribution in [3.63, 3.8) is 0 Å². The van der Waals surface area contributed by atoms with Crippen molar-refractivity contribution >= 4 is 18.2 Å². The molecule has 0 bridgehead atoms. The van der Waals surface area contributed by atoms with Crippen LogP contribution in [0.2, 0.25) is 0 Å². The maximum absolute atomic E-state index is 12.7. The highest BCUT2D eigenvalue weighted by Crippen LogP contribution is 2.29. The molecule has 0 saturated heterocycles. The monoisotopic (exact) mass is 596 g/mol. The summed E-state index contributed by atoms with van der Waals surface area (Å²) in [6, 6.07) is 12.8. The van der Waals surface area contributed by atoms with Crippen molar-refractivity contribution in [2.45, 2.75) is 64.9 Å². The van der Waals surface area contributed by atoms with Crippen molar-refractivity contribution in [2.24, 2.45) is 0 Å². The first-order valence-corrected chi connectivity index (χ1v) is 14.1. The second-order valence-electron chi connectivity index (χ2n) is 10.2. The van der Waals surface area contributed by atoms with E-state index in [1.807, 2.05) is 44.3 Å². The lowest BCUT2D eigenvalue weighted by atomic mass is 10.1. The Balaban J connectivity index is 1.15. The molecular formula is C32H35F3N4O4. The van der Waals surface area contributed by atoms with Crippen LogP contribution in [0.4, 0.5) is 18.0 Å². The summed E-state index contributed by atoms with van der Waals surface area (Å²) in [6.07, 6.45) is 7.14. The third-order valence-corrected chi connectivity index (χ3v) is 6.42. The summed E-state index contributed by atoms with van der Waals surface area (Å²) in [6.45, 7) is 5.11. The number of aryl methyl sites for hydroxylation is 2. The predicted octanol–water partition coefficient (Wildman–Crippen LogP) is 7.34. The Morgan fingerprint density at radius 3 is 2.53 bits per heavy atom. The van der Waals surface area contributed by atoms with Gasteiger partial charge in [-0.05, 0) is 74.6 Å². The van der Waals surface area contributed by atoms with E-state index in [9.17, 15) is 18.0 Å². The molecule has 0 saturated carbocycles. The van der Waals surface area contributed by atoms with Crippen LogP contribution in [0.3, 0.4) is 0 Å². The smallest absolute Gasteiger partial charge is 0.416 e. The van der Waals surface area contributed by atoms with Crippen LogP contribution in [0.5, 0.6) is 5.75 Å². The molecule has 2 aromatic heterocycles. The SMILES string of the molecule is CC(C)NC(=O)OCCc1nccn1CCCCc1ccc(OCc2coc(/C=C/c3ccc(C(F)(F)F)cc3)n2)cc1. The third kappa shape index (κ3) is 10.4. The number of hydrogen-bond acceptors (Lipinski definition) is 6. The lowest BCUT2D eigenvalue weighted by molar-refractivity contribution is -0.137. The van der Waals surface area contributed by atoms with Crippen LogP contribution in [0.15, 0.2) is 71.6 Å². The topological polar surface area (TPSA) is 91.4 Å². The third-order valence-electron chi connectivity index (χ3n) is 6.42. The van der Waals surface area contributed by atoms with Crippen LogP contribution in [0.1, 0.15) is 60.8 Å². The number of rotatable bonds is 14. The number of alkyl halides is 3. The number of oxazole rings is 1. The van der Waals surface area contributed by atoms with Gasteiger partial charge in [0.15, 0.2) is 0 Å². The Hall–Kier alpha value is -4.54. The van der Waals surface area contributed by atoms with Crippen LogP contribution < -0.4 is 10.1 Å². The molecule has 4 rings (SSSR count). The van der Waals surface area contributed by atoms with E-state index in [0.717, 1.165) is 43.8 Å². The molecule has 0 aliphatic carbocycles. The molecule has 0 atom stereocenters. The van der Waals surface area contributed by atoms with Crippen molar-refractivity contribution in [3.8, 4) is 5.75 Å². The number of nitrogens with zero attached hydrogens (tertiary/aromatic N) is 3. The van der Waals surface area contributed by atoms with E-state index in [2.05, 4.69) is 19.9 Å². The van der Waals surface area contributed by atoms with E-state index in [4.69, 9.17) is 13.9 Å². The first-order chi connectivity index (χ1) is 20.7. The van der Waals surface area contributed by atoms with E-state index >= 15 is 0 Å². The molecule has 4 aromatic rings. The van der Waals surface area contributed by atoms with Crippen molar-refractivity contribution in [1.29, 1.82) is 0 Å². The summed E-state index contributed by atoms with van der Waals surface area (Å²) in [5, 5.41) is 2.70. The molecule has 228 valence electrons. The molecule has 43 heavy (non-hydrogen) atoms. The Morgan fingerprint density at radius 1 is 1.05 bits per heavy atom. The molecule has 8 nitrogen and oxygen atoms in total. The fraction of sp³-hybridized carbons (Fsp3) is 0.344. The van der Waals surface area contributed by atoms with Crippen molar-refractivity contribution in [3.05, 3.63) is 101 Å². The van der Waals surface area contributed by atoms with Gasteiger partial charge in [-0.2, -0.15) is 13.2 Å². The van der Waals surface area contributed by atoms with Crippen LogP contribution in [-0.2, 0) is 36.9 Å². The minimum absolute atomic E-state index is 0.0365. The number of hydrogen-bond donors (Lipinski definition) is 1. The van der Waals surface area contributed by atoms with Gasteiger partial charge in [0.1, 0.15) is 36.7 Å². The van der Waals surface area contributed by atoms with Gasteiger partial charge >= 0.3 is 12.3 Å². The van der Waals surface area contributed by atoms with E-state index in [0.29, 0.717) is 29.3 Å². The van der Waals surface area contributed by atoms with E-state index in [-0.39, 0.29) is 19.3 Å². The van der Waals surface area contributed by atoms with Gasteiger partial charge in [0, 0.05) is 37.5 Å². The number of aromatic nitrogens is 3. The Morgan fingerprint density at radius 2 is 1.81 bits per heavy atom. The van der Waals surface area contributed by atoms with E-state index in [1.54, 1.807) is 18.3 Å². The number of amides is 1. The van der Waals surface area contributed by atoms with Crippen LogP contribution in [0, 0.1) is 0 Å². The molecule has 2 heterocycles. The van der Waals surface area contributed by atoms with Crippen molar-refractivity contribution < 1.29 is 31.9 Å².